The summed E-state index contributed by atoms with van der Waals surface area (Å²) in [7, 11) is 0. The largest absolute Gasteiger partial charge is 0.478 e. The van der Waals surface area contributed by atoms with Crippen LogP contribution in [0.4, 0.5) is 5.69 Å². The minimum atomic E-state index is -0.895. The van der Waals surface area contributed by atoms with E-state index in [2.05, 4.69) is 0 Å². The van der Waals surface area contributed by atoms with Crippen LogP contribution in [-0.2, 0) is 5.75 Å². The highest BCUT2D eigenvalue weighted by molar-refractivity contribution is 7.98. The van der Waals surface area contributed by atoms with Crippen LogP contribution < -0.4 is 5.73 Å². The van der Waals surface area contributed by atoms with Crippen molar-refractivity contribution in [2.24, 2.45) is 0 Å². The molecule has 0 amide bonds. The van der Waals surface area contributed by atoms with Gasteiger partial charge in [-0.05, 0) is 36.2 Å². The monoisotopic (exact) mass is 273 g/mol. The molecule has 98 valence electrons. The first-order chi connectivity index (χ1) is 9.08. The Morgan fingerprint density at radius 1 is 1.26 bits per heavy atom. The lowest BCUT2D eigenvalue weighted by atomic mass is 10.1. The molecular formula is C15H15NO2S. The minimum Gasteiger partial charge on any atom is -0.478 e. The van der Waals surface area contributed by atoms with E-state index in [9.17, 15) is 4.79 Å². The molecule has 0 radical (unpaired) electrons. The van der Waals surface area contributed by atoms with Crippen LogP contribution in [0.2, 0.25) is 0 Å². The predicted molar refractivity (Wildman–Crippen MR) is 78.6 cm³/mol. The first-order valence-electron chi connectivity index (χ1n) is 5.88. The van der Waals surface area contributed by atoms with Crippen LogP contribution in [0.5, 0.6) is 0 Å². The third-order valence-corrected chi connectivity index (χ3v) is 3.92. The Morgan fingerprint density at radius 2 is 2.00 bits per heavy atom. The number of hydrogen-bond acceptors (Lipinski definition) is 3. The summed E-state index contributed by atoms with van der Waals surface area (Å²) in [5.74, 6) is -0.302. The number of rotatable bonds is 4. The van der Waals surface area contributed by atoms with Crippen LogP contribution in [0, 0.1) is 6.92 Å². The number of carbonyl (C=O) groups is 1. The lowest BCUT2D eigenvalue weighted by Crippen LogP contribution is -2.01. The second-order valence-corrected chi connectivity index (χ2v) is 5.31. The van der Waals surface area contributed by atoms with Gasteiger partial charge in [-0.2, -0.15) is 0 Å². The van der Waals surface area contributed by atoms with Crippen molar-refractivity contribution in [3.05, 3.63) is 59.2 Å². The van der Waals surface area contributed by atoms with E-state index < -0.39 is 5.97 Å². The van der Waals surface area contributed by atoms with Crippen LogP contribution in [-0.4, -0.2) is 11.1 Å². The smallest absolute Gasteiger partial charge is 0.335 e. The topological polar surface area (TPSA) is 63.3 Å². The zero-order valence-electron chi connectivity index (χ0n) is 10.6. The Hall–Kier alpha value is -1.94. The van der Waals surface area contributed by atoms with Crippen molar-refractivity contribution in [1.82, 2.24) is 0 Å². The van der Waals surface area contributed by atoms with E-state index in [-0.39, 0.29) is 0 Å². The van der Waals surface area contributed by atoms with Gasteiger partial charge in [-0.1, -0.05) is 24.3 Å². The van der Waals surface area contributed by atoms with Gasteiger partial charge in [0.25, 0.3) is 0 Å². The van der Waals surface area contributed by atoms with E-state index in [1.807, 2.05) is 37.3 Å². The van der Waals surface area contributed by atoms with Gasteiger partial charge in [-0.25, -0.2) is 4.79 Å². The van der Waals surface area contributed by atoms with Crippen molar-refractivity contribution in [1.29, 1.82) is 0 Å². The molecule has 3 N–H and O–H groups in total. The van der Waals surface area contributed by atoms with Crippen molar-refractivity contribution in [2.75, 3.05) is 5.73 Å². The Labute approximate surface area is 116 Å². The lowest BCUT2D eigenvalue weighted by Gasteiger charge is -2.08. The summed E-state index contributed by atoms with van der Waals surface area (Å²) in [5, 5.41) is 9.13. The van der Waals surface area contributed by atoms with Gasteiger partial charge in [0.15, 0.2) is 0 Å². The summed E-state index contributed by atoms with van der Waals surface area (Å²) in [5.41, 5.74) is 8.94. The van der Waals surface area contributed by atoms with E-state index in [1.54, 1.807) is 23.9 Å². The highest BCUT2D eigenvalue weighted by Crippen LogP contribution is 2.29. The van der Waals surface area contributed by atoms with Gasteiger partial charge in [0, 0.05) is 16.3 Å². The summed E-state index contributed by atoms with van der Waals surface area (Å²) in [4.78, 5) is 12.1. The number of nitrogen functional groups attached to an aromatic ring is 1. The van der Waals surface area contributed by atoms with E-state index >= 15 is 0 Å². The van der Waals surface area contributed by atoms with Crippen molar-refractivity contribution >= 4 is 23.4 Å². The van der Waals surface area contributed by atoms with Crippen LogP contribution in [0.25, 0.3) is 0 Å². The maximum Gasteiger partial charge on any atom is 0.335 e. The van der Waals surface area contributed by atoms with Crippen molar-refractivity contribution in [2.45, 2.75) is 17.6 Å². The average Bonchev–Trinajstić information content (AvgIpc) is 2.40. The normalized spacial score (nSPS) is 10.4. The number of nitrogens with two attached hydrogens (primary N) is 1. The van der Waals surface area contributed by atoms with Crippen LogP contribution in [0.1, 0.15) is 21.5 Å². The second kappa shape index (κ2) is 5.80. The van der Waals surface area contributed by atoms with Gasteiger partial charge in [-0.15, -0.1) is 11.8 Å². The fourth-order valence-electron chi connectivity index (χ4n) is 1.78. The maximum atomic E-state index is 11.1. The van der Waals surface area contributed by atoms with Crippen molar-refractivity contribution < 1.29 is 9.90 Å². The molecule has 4 heteroatoms. The highest BCUT2D eigenvalue weighted by atomic mass is 32.2. The second-order valence-electron chi connectivity index (χ2n) is 4.29. The van der Waals surface area contributed by atoms with Gasteiger partial charge < -0.3 is 10.8 Å². The Balaban J connectivity index is 2.19. The number of aromatic carboxylic acids is 1. The Morgan fingerprint density at radius 3 is 2.74 bits per heavy atom. The molecule has 0 bridgehead atoms. The minimum absolute atomic E-state index is 0.348. The Kier molecular flexibility index (Phi) is 4.12. The molecule has 0 aliphatic carbocycles. The Bertz CT molecular complexity index is 611. The first-order valence-corrected chi connectivity index (χ1v) is 6.86. The number of carboxylic acids is 1. The zero-order chi connectivity index (χ0) is 13.8. The molecule has 0 fully saturated rings. The molecule has 0 spiro atoms. The molecule has 0 unspecified atom stereocenters. The molecule has 19 heavy (non-hydrogen) atoms. The summed E-state index contributed by atoms with van der Waals surface area (Å²) >= 11 is 1.56. The van der Waals surface area contributed by atoms with Crippen molar-refractivity contribution in [3.8, 4) is 0 Å². The third kappa shape index (κ3) is 3.29. The number of hydrogen-bond donors (Lipinski definition) is 2. The molecule has 0 atom stereocenters. The molecule has 0 saturated carbocycles. The SMILES string of the molecule is Cc1ccc(N)c(SCc2ccccc2C(=O)O)c1. The fourth-order valence-corrected chi connectivity index (χ4v) is 2.84. The molecular weight excluding hydrogens is 258 g/mol. The lowest BCUT2D eigenvalue weighted by molar-refractivity contribution is 0.0696. The molecule has 2 rings (SSSR count). The predicted octanol–water partition coefficient (Wildman–Crippen LogP) is 3.57. The summed E-state index contributed by atoms with van der Waals surface area (Å²) in [6.45, 7) is 2.01. The van der Waals surface area contributed by atoms with E-state index in [0.717, 1.165) is 21.7 Å². The number of aryl methyl sites for hydroxylation is 1. The van der Waals surface area contributed by atoms with E-state index in [4.69, 9.17) is 10.8 Å². The van der Waals surface area contributed by atoms with Gasteiger partial charge in [0.2, 0.25) is 0 Å². The summed E-state index contributed by atoms with van der Waals surface area (Å²) in [6.07, 6.45) is 0. The molecule has 0 aliphatic heterocycles. The molecule has 3 nitrogen and oxygen atoms in total. The molecule has 0 heterocycles. The molecule has 2 aromatic rings. The number of carboxylic acid groups (broad SMARTS) is 1. The molecule has 0 aromatic heterocycles. The first kappa shape index (κ1) is 13.5. The maximum absolute atomic E-state index is 11.1. The quantitative estimate of drug-likeness (QED) is 0.660. The molecule has 2 aromatic carbocycles. The fraction of sp³-hybridized carbons (Fsp3) is 0.133. The van der Waals surface area contributed by atoms with Crippen LogP contribution >= 0.6 is 11.8 Å². The number of anilines is 1. The van der Waals surface area contributed by atoms with Gasteiger partial charge in [-0.3, -0.25) is 0 Å². The van der Waals surface area contributed by atoms with E-state index in [0.29, 0.717) is 11.3 Å². The average molecular weight is 273 g/mol. The van der Waals surface area contributed by atoms with Gasteiger partial charge in [0.05, 0.1) is 5.56 Å². The molecule has 0 saturated heterocycles. The van der Waals surface area contributed by atoms with Gasteiger partial charge in [0.1, 0.15) is 0 Å². The molecule has 0 aliphatic rings. The zero-order valence-corrected chi connectivity index (χ0v) is 11.4. The van der Waals surface area contributed by atoms with Crippen LogP contribution in [0.15, 0.2) is 47.4 Å². The summed E-state index contributed by atoms with van der Waals surface area (Å²) < 4.78 is 0. The van der Waals surface area contributed by atoms with E-state index in [1.165, 1.54) is 0 Å². The number of benzene rings is 2. The van der Waals surface area contributed by atoms with Gasteiger partial charge >= 0.3 is 5.97 Å². The van der Waals surface area contributed by atoms with Crippen LogP contribution in [0.3, 0.4) is 0 Å². The third-order valence-electron chi connectivity index (χ3n) is 2.80. The standard InChI is InChI=1S/C15H15NO2S/c1-10-6-7-13(16)14(8-10)19-9-11-4-2-3-5-12(11)15(17)18/h2-8H,9,16H2,1H3,(H,17,18). The van der Waals surface area contributed by atoms with Crippen molar-refractivity contribution in [3.63, 3.8) is 0 Å². The highest BCUT2D eigenvalue weighted by Gasteiger charge is 2.09. The summed E-state index contributed by atoms with van der Waals surface area (Å²) in [6, 6.07) is 12.9. The number of thioether (sulfide) groups is 1.